The van der Waals surface area contributed by atoms with Gasteiger partial charge in [-0.15, -0.1) is 11.6 Å². The number of amides is 1. The van der Waals surface area contributed by atoms with Gasteiger partial charge in [-0.2, -0.15) is 0 Å². The van der Waals surface area contributed by atoms with Gasteiger partial charge in [0.2, 0.25) is 5.91 Å². The van der Waals surface area contributed by atoms with Gasteiger partial charge in [0.05, 0.1) is 0 Å². The van der Waals surface area contributed by atoms with Crippen molar-refractivity contribution in [3.8, 4) is 5.75 Å². The lowest BCUT2D eigenvalue weighted by Crippen LogP contribution is -2.35. The largest absolute Gasteiger partial charge is 0.508 e. The van der Waals surface area contributed by atoms with E-state index in [2.05, 4.69) is 0 Å². The van der Waals surface area contributed by atoms with E-state index in [1.54, 1.807) is 12.1 Å². The van der Waals surface area contributed by atoms with Crippen LogP contribution >= 0.6 is 11.6 Å². The number of carbonyl (C=O) groups excluding carboxylic acids is 1. The Morgan fingerprint density at radius 1 is 1.41 bits per heavy atom. The van der Waals surface area contributed by atoms with E-state index in [1.807, 2.05) is 11.0 Å². The van der Waals surface area contributed by atoms with Crippen molar-refractivity contribution in [1.29, 1.82) is 0 Å². The van der Waals surface area contributed by atoms with Gasteiger partial charge in [0, 0.05) is 25.4 Å². The maximum Gasteiger partial charge on any atom is 0.222 e. The van der Waals surface area contributed by atoms with Crippen LogP contribution in [0.25, 0.3) is 0 Å². The highest BCUT2D eigenvalue weighted by molar-refractivity contribution is 6.17. The van der Waals surface area contributed by atoms with Gasteiger partial charge in [0.15, 0.2) is 0 Å². The summed E-state index contributed by atoms with van der Waals surface area (Å²) in [5.74, 6) is 0.940. The molecule has 0 radical (unpaired) electrons. The number of carbonyl (C=O) groups is 1. The molecule has 0 aromatic heterocycles. The van der Waals surface area contributed by atoms with Crippen molar-refractivity contribution in [3.05, 3.63) is 29.3 Å². The third-order valence-electron chi connectivity index (χ3n) is 3.08. The lowest BCUT2D eigenvalue weighted by atomic mass is 9.99. The van der Waals surface area contributed by atoms with Crippen LogP contribution in [0.2, 0.25) is 0 Å². The Balaban J connectivity index is 2.04. The average Bonchev–Trinajstić information content (AvgIpc) is 2.35. The Morgan fingerprint density at radius 3 is 3.00 bits per heavy atom. The summed E-state index contributed by atoms with van der Waals surface area (Å²) in [4.78, 5) is 13.7. The van der Waals surface area contributed by atoms with E-state index in [1.165, 1.54) is 5.56 Å². The molecule has 1 heterocycles. The molecule has 4 heteroatoms. The second-order valence-electron chi connectivity index (χ2n) is 4.31. The van der Waals surface area contributed by atoms with E-state index in [4.69, 9.17) is 11.6 Å². The smallest absolute Gasteiger partial charge is 0.222 e. The molecule has 1 aliphatic rings. The van der Waals surface area contributed by atoms with Gasteiger partial charge in [0.1, 0.15) is 5.75 Å². The van der Waals surface area contributed by atoms with Gasteiger partial charge in [-0.3, -0.25) is 4.79 Å². The number of aromatic hydroxyl groups is 1. The van der Waals surface area contributed by atoms with Crippen LogP contribution in [0.5, 0.6) is 5.75 Å². The second kappa shape index (κ2) is 5.41. The molecule has 2 rings (SSSR count). The van der Waals surface area contributed by atoms with Crippen LogP contribution in [0.1, 0.15) is 24.0 Å². The van der Waals surface area contributed by atoms with Crippen LogP contribution in [-0.2, 0) is 17.8 Å². The summed E-state index contributed by atoms with van der Waals surface area (Å²) in [7, 11) is 0. The van der Waals surface area contributed by atoms with Gasteiger partial charge in [-0.05, 0) is 36.1 Å². The van der Waals surface area contributed by atoms with E-state index in [0.29, 0.717) is 18.8 Å². The number of fused-ring (bicyclic) bond motifs is 1. The molecule has 1 aromatic rings. The zero-order valence-corrected chi connectivity index (χ0v) is 10.4. The fourth-order valence-electron chi connectivity index (χ4n) is 2.13. The third-order valence-corrected chi connectivity index (χ3v) is 3.35. The first-order valence-corrected chi connectivity index (χ1v) is 6.38. The quantitative estimate of drug-likeness (QED) is 0.840. The SMILES string of the molecule is O=C(CCCCl)N1CCc2ccc(O)cc2C1. The molecule has 0 saturated heterocycles. The lowest BCUT2D eigenvalue weighted by Gasteiger charge is -2.29. The maximum absolute atomic E-state index is 11.9. The molecule has 0 aliphatic carbocycles. The first kappa shape index (κ1) is 12.2. The van der Waals surface area contributed by atoms with Crippen LogP contribution in [0.15, 0.2) is 18.2 Å². The molecule has 92 valence electrons. The van der Waals surface area contributed by atoms with Gasteiger partial charge < -0.3 is 10.0 Å². The summed E-state index contributed by atoms with van der Waals surface area (Å²) in [5, 5.41) is 9.43. The van der Waals surface area contributed by atoms with Crippen molar-refractivity contribution in [3.63, 3.8) is 0 Å². The number of nitrogens with zero attached hydrogens (tertiary/aromatic N) is 1. The number of halogens is 1. The third kappa shape index (κ3) is 2.91. The Labute approximate surface area is 106 Å². The van der Waals surface area contributed by atoms with Crippen LogP contribution in [0.4, 0.5) is 0 Å². The number of benzene rings is 1. The Kier molecular flexibility index (Phi) is 3.89. The topological polar surface area (TPSA) is 40.5 Å². The second-order valence-corrected chi connectivity index (χ2v) is 4.69. The van der Waals surface area contributed by atoms with E-state index in [9.17, 15) is 9.90 Å². The highest BCUT2D eigenvalue weighted by Crippen LogP contribution is 2.23. The monoisotopic (exact) mass is 253 g/mol. The zero-order valence-electron chi connectivity index (χ0n) is 9.66. The van der Waals surface area contributed by atoms with Gasteiger partial charge in [-0.25, -0.2) is 0 Å². The summed E-state index contributed by atoms with van der Waals surface area (Å²) in [6.07, 6.45) is 2.10. The van der Waals surface area contributed by atoms with E-state index < -0.39 is 0 Å². The lowest BCUT2D eigenvalue weighted by molar-refractivity contribution is -0.132. The Bertz CT molecular complexity index is 420. The normalized spacial score (nSPS) is 14.5. The zero-order chi connectivity index (χ0) is 12.3. The molecule has 0 unspecified atom stereocenters. The van der Waals surface area contributed by atoms with Gasteiger partial charge in [0.25, 0.3) is 0 Å². The standard InChI is InChI=1S/C13H16ClNO2/c14-6-1-2-13(17)15-7-5-10-3-4-12(16)8-11(10)9-15/h3-4,8,16H,1-2,5-7,9H2. The Hall–Kier alpha value is -1.22. The number of hydrogen-bond acceptors (Lipinski definition) is 2. The molecule has 0 fully saturated rings. The molecular formula is C13H16ClNO2. The summed E-state index contributed by atoms with van der Waals surface area (Å²) in [5.41, 5.74) is 2.28. The predicted octanol–water partition coefficient (Wildman–Crippen LogP) is 2.30. The summed E-state index contributed by atoms with van der Waals surface area (Å²) in [6, 6.07) is 5.38. The highest BCUT2D eigenvalue weighted by Gasteiger charge is 2.20. The summed E-state index contributed by atoms with van der Waals surface area (Å²) >= 11 is 5.58. The van der Waals surface area contributed by atoms with E-state index in [-0.39, 0.29) is 11.7 Å². The van der Waals surface area contributed by atoms with E-state index in [0.717, 1.165) is 24.9 Å². The fourth-order valence-corrected chi connectivity index (χ4v) is 2.27. The number of alkyl halides is 1. The molecule has 1 amide bonds. The van der Waals surface area contributed by atoms with Crippen molar-refractivity contribution < 1.29 is 9.90 Å². The molecule has 0 saturated carbocycles. The van der Waals surface area contributed by atoms with Crippen LogP contribution in [0.3, 0.4) is 0 Å². The summed E-state index contributed by atoms with van der Waals surface area (Å²) in [6.45, 7) is 1.36. The van der Waals surface area contributed by atoms with Gasteiger partial charge in [-0.1, -0.05) is 6.07 Å². The van der Waals surface area contributed by atoms with Crippen LogP contribution in [-0.4, -0.2) is 28.3 Å². The maximum atomic E-state index is 11.9. The average molecular weight is 254 g/mol. The van der Waals surface area contributed by atoms with Crippen molar-refractivity contribution >= 4 is 17.5 Å². The minimum Gasteiger partial charge on any atom is -0.508 e. The van der Waals surface area contributed by atoms with Crippen molar-refractivity contribution in [2.45, 2.75) is 25.8 Å². The molecule has 1 aromatic carbocycles. The first-order chi connectivity index (χ1) is 8.20. The first-order valence-electron chi connectivity index (χ1n) is 5.85. The van der Waals surface area contributed by atoms with Crippen molar-refractivity contribution in [2.75, 3.05) is 12.4 Å². The van der Waals surface area contributed by atoms with Crippen LogP contribution in [0, 0.1) is 0 Å². The molecule has 3 nitrogen and oxygen atoms in total. The minimum atomic E-state index is 0.152. The van der Waals surface area contributed by atoms with Crippen LogP contribution < -0.4 is 0 Å². The predicted molar refractivity (Wildman–Crippen MR) is 67.2 cm³/mol. The van der Waals surface area contributed by atoms with Gasteiger partial charge >= 0.3 is 0 Å². The number of rotatable bonds is 3. The highest BCUT2D eigenvalue weighted by atomic mass is 35.5. The molecular weight excluding hydrogens is 238 g/mol. The number of phenols is 1. The molecule has 17 heavy (non-hydrogen) atoms. The number of phenolic OH excluding ortho intramolecular Hbond substituents is 1. The molecule has 0 spiro atoms. The van der Waals surface area contributed by atoms with Crippen molar-refractivity contribution in [1.82, 2.24) is 4.90 Å². The molecule has 1 aliphatic heterocycles. The van der Waals surface area contributed by atoms with Crippen molar-refractivity contribution in [2.24, 2.45) is 0 Å². The van der Waals surface area contributed by atoms with E-state index >= 15 is 0 Å². The molecule has 1 N–H and O–H groups in total. The fraction of sp³-hybridized carbons (Fsp3) is 0.462. The number of hydrogen-bond donors (Lipinski definition) is 1. The Morgan fingerprint density at radius 2 is 2.24 bits per heavy atom. The molecule has 0 bridgehead atoms. The summed E-state index contributed by atoms with van der Waals surface area (Å²) < 4.78 is 0. The molecule has 0 atom stereocenters. The minimum absolute atomic E-state index is 0.152.